The molecule has 106 valence electrons. The van der Waals surface area contributed by atoms with E-state index in [1.165, 1.54) is 7.05 Å². The number of rotatable bonds is 3. The van der Waals surface area contributed by atoms with Crippen molar-refractivity contribution in [2.75, 3.05) is 30.4 Å². The van der Waals surface area contributed by atoms with Gasteiger partial charge in [0.1, 0.15) is 5.82 Å². The Balaban J connectivity index is 2.39. The fourth-order valence-electron chi connectivity index (χ4n) is 2.17. The average molecular weight is 276 g/mol. The Hall–Kier alpha value is -1.57. The number of hydrogen-bond acceptors (Lipinski definition) is 5. The van der Waals surface area contributed by atoms with Crippen molar-refractivity contribution in [3.05, 3.63) is 11.8 Å². The van der Waals surface area contributed by atoms with Gasteiger partial charge in [0.2, 0.25) is 5.95 Å². The lowest BCUT2D eigenvalue weighted by Gasteiger charge is -2.25. The first-order valence-electron chi connectivity index (χ1n) is 5.97. The zero-order chi connectivity index (χ0) is 14.0. The Bertz CT molecular complexity index is 452. The van der Waals surface area contributed by atoms with E-state index < -0.39 is 11.9 Å². The minimum Gasteiger partial charge on any atom is -0.394 e. The predicted molar refractivity (Wildman–Crippen MR) is 64.0 cm³/mol. The number of nitrogens with one attached hydrogen (secondary N) is 1. The quantitative estimate of drug-likeness (QED) is 0.876. The minimum atomic E-state index is -4.52. The highest BCUT2D eigenvalue weighted by atomic mass is 19.4. The number of anilines is 2. The molecule has 1 unspecified atom stereocenters. The Morgan fingerprint density at radius 1 is 1.47 bits per heavy atom. The van der Waals surface area contributed by atoms with Gasteiger partial charge in [-0.1, -0.05) is 0 Å². The number of aliphatic hydroxyl groups excluding tert-OH is 1. The largest absolute Gasteiger partial charge is 0.433 e. The zero-order valence-corrected chi connectivity index (χ0v) is 10.4. The van der Waals surface area contributed by atoms with E-state index in [2.05, 4.69) is 15.3 Å². The van der Waals surface area contributed by atoms with Gasteiger partial charge in [-0.05, 0) is 12.8 Å². The second-order valence-electron chi connectivity index (χ2n) is 4.35. The number of hydrogen-bond donors (Lipinski definition) is 2. The van der Waals surface area contributed by atoms with Crippen molar-refractivity contribution in [3.8, 4) is 0 Å². The third kappa shape index (κ3) is 2.89. The molecule has 1 aliphatic heterocycles. The Kier molecular flexibility index (Phi) is 3.79. The van der Waals surface area contributed by atoms with E-state index in [-0.39, 0.29) is 24.4 Å². The molecule has 1 aromatic rings. The van der Waals surface area contributed by atoms with E-state index in [9.17, 15) is 18.3 Å². The fraction of sp³-hybridized carbons (Fsp3) is 0.636. The van der Waals surface area contributed by atoms with Crippen LogP contribution in [0.1, 0.15) is 18.5 Å². The highest BCUT2D eigenvalue weighted by Crippen LogP contribution is 2.32. The van der Waals surface area contributed by atoms with Crippen molar-refractivity contribution in [2.45, 2.75) is 25.1 Å². The van der Waals surface area contributed by atoms with Crippen LogP contribution in [0, 0.1) is 0 Å². The zero-order valence-electron chi connectivity index (χ0n) is 10.4. The molecule has 0 aliphatic carbocycles. The number of halogens is 3. The second-order valence-corrected chi connectivity index (χ2v) is 4.35. The highest BCUT2D eigenvalue weighted by Gasteiger charge is 2.35. The molecule has 19 heavy (non-hydrogen) atoms. The molecule has 5 nitrogen and oxygen atoms in total. The summed E-state index contributed by atoms with van der Waals surface area (Å²) in [6, 6.07) is 0.745. The van der Waals surface area contributed by atoms with Crippen molar-refractivity contribution in [1.29, 1.82) is 0 Å². The molecule has 0 aromatic carbocycles. The molecule has 0 bridgehead atoms. The van der Waals surface area contributed by atoms with Crippen molar-refractivity contribution < 1.29 is 18.3 Å². The summed E-state index contributed by atoms with van der Waals surface area (Å²) in [6.07, 6.45) is -2.94. The van der Waals surface area contributed by atoms with E-state index in [0.29, 0.717) is 6.54 Å². The van der Waals surface area contributed by atoms with Gasteiger partial charge in [-0.15, -0.1) is 0 Å². The van der Waals surface area contributed by atoms with Gasteiger partial charge < -0.3 is 15.3 Å². The summed E-state index contributed by atoms with van der Waals surface area (Å²) >= 11 is 0. The van der Waals surface area contributed by atoms with E-state index in [1.807, 2.05) is 0 Å². The molecule has 2 rings (SSSR count). The van der Waals surface area contributed by atoms with Gasteiger partial charge in [-0.25, -0.2) is 4.98 Å². The molecule has 1 aromatic heterocycles. The van der Waals surface area contributed by atoms with E-state index in [0.717, 1.165) is 18.9 Å². The molecule has 0 spiro atoms. The standard InChI is InChI=1S/C11H15F3N4O/c1-15-10-16-8(11(12,13)14)5-9(17-10)18-4-2-3-7(18)6-19/h5,7,19H,2-4,6H2,1H3,(H,15,16,17). The molecule has 0 amide bonds. The van der Waals surface area contributed by atoms with Crippen LogP contribution in [-0.2, 0) is 6.18 Å². The van der Waals surface area contributed by atoms with Gasteiger partial charge in [0.05, 0.1) is 12.6 Å². The van der Waals surface area contributed by atoms with Crippen LogP contribution in [0.4, 0.5) is 24.9 Å². The Morgan fingerprint density at radius 2 is 2.21 bits per heavy atom. The van der Waals surface area contributed by atoms with Crippen LogP contribution in [0.5, 0.6) is 0 Å². The monoisotopic (exact) mass is 276 g/mol. The Morgan fingerprint density at radius 3 is 2.79 bits per heavy atom. The molecule has 2 heterocycles. The van der Waals surface area contributed by atoms with E-state index >= 15 is 0 Å². The summed E-state index contributed by atoms with van der Waals surface area (Å²) in [4.78, 5) is 9.14. The number of aliphatic hydroxyl groups is 1. The molecule has 0 radical (unpaired) electrons. The summed E-state index contributed by atoms with van der Waals surface area (Å²) < 4.78 is 38.3. The minimum absolute atomic E-state index is 0.0755. The van der Waals surface area contributed by atoms with Gasteiger partial charge >= 0.3 is 6.18 Å². The molecule has 8 heteroatoms. The molecule has 0 saturated carbocycles. The molecule has 2 N–H and O–H groups in total. The van der Waals surface area contributed by atoms with Gasteiger partial charge in [-0.3, -0.25) is 0 Å². The lowest BCUT2D eigenvalue weighted by atomic mass is 10.2. The maximum atomic E-state index is 12.8. The van der Waals surface area contributed by atoms with Crippen LogP contribution in [0.2, 0.25) is 0 Å². The lowest BCUT2D eigenvalue weighted by Crippen LogP contribution is -2.33. The first kappa shape index (κ1) is 13.9. The van der Waals surface area contributed by atoms with Crippen LogP contribution in [0.3, 0.4) is 0 Å². The molecule has 1 fully saturated rings. The maximum Gasteiger partial charge on any atom is 0.433 e. The third-order valence-electron chi connectivity index (χ3n) is 3.11. The molecule has 1 atom stereocenters. The molecular formula is C11H15F3N4O. The second kappa shape index (κ2) is 5.20. The number of alkyl halides is 3. The fourth-order valence-corrected chi connectivity index (χ4v) is 2.17. The van der Waals surface area contributed by atoms with Crippen molar-refractivity contribution in [1.82, 2.24) is 9.97 Å². The van der Waals surface area contributed by atoms with Crippen LogP contribution in [-0.4, -0.2) is 41.3 Å². The van der Waals surface area contributed by atoms with Crippen molar-refractivity contribution >= 4 is 11.8 Å². The SMILES string of the molecule is CNc1nc(N2CCCC2CO)cc(C(F)(F)F)n1. The average Bonchev–Trinajstić information content (AvgIpc) is 2.85. The maximum absolute atomic E-state index is 12.8. The van der Waals surface area contributed by atoms with Gasteiger partial charge in [0.15, 0.2) is 5.69 Å². The lowest BCUT2D eigenvalue weighted by molar-refractivity contribution is -0.141. The summed E-state index contributed by atoms with van der Waals surface area (Å²) in [6.45, 7) is 0.489. The van der Waals surface area contributed by atoms with Crippen LogP contribution in [0.15, 0.2) is 6.07 Å². The third-order valence-corrected chi connectivity index (χ3v) is 3.11. The summed E-state index contributed by atoms with van der Waals surface area (Å²) in [5, 5.41) is 11.8. The normalized spacial score (nSPS) is 19.8. The van der Waals surface area contributed by atoms with Gasteiger partial charge in [-0.2, -0.15) is 18.2 Å². The van der Waals surface area contributed by atoms with Crippen molar-refractivity contribution in [3.63, 3.8) is 0 Å². The highest BCUT2D eigenvalue weighted by molar-refractivity contribution is 5.47. The number of nitrogens with zero attached hydrogens (tertiary/aromatic N) is 3. The summed E-state index contributed by atoms with van der Waals surface area (Å²) in [7, 11) is 1.47. The predicted octanol–water partition coefficient (Wildman–Crippen LogP) is 1.50. The van der Waals surface area contributed by atoms with E-state index in [1.54, 1.807) is 4.90 Å². The Labute approximate surface area is 108 Å². The summed E-state index contributed by atoms with van der Waals surface area (Å²) in [5.41, 5.74) is -0.981. The molecule has 1 saturated heterocycles. The first-order chi connectivity index (χ1) is 8.95. The topological polar surface area (TPSA) is 61.3 Å². The van der Waals surface area contributed by atoms with E-state index in [4.69, 9.17) is 0 Å². The number of aromatic nitrogens is 2. The van der Waals surface area contributed by atoms with Gasteiger partial charge in [0, 0.05) is 19.7 Å². The van der Waals surface area contributed by atoms with Gasteiger partial charge in [0.25, 0.3) is 0 Å². The molecular weight excluding hydrogens is 261 g/mol. The van der Waals surface area contributed by atoms with Crippen LogP contribution < -0.4 is 10.2 Å². The molecule has 1 aliphatic rings. The van der Waals surface area contributed by atoms with Crippen LogP contribution in [0.25, 0.3) is 0 Å². The smallest absolute Gasteiger partial charge is 0.394 e. The van der Waals surface area contributed by atoms with Crippen molar-refractivity contribution in [2.24, 2.45) is 0 Å². The summed E-state index contributed by atoms with van der Waals surface area (Å²) in [5.74, 6) is 0.122. The first-order valence-corrected chi connectivity index (χ1v) is 5.97. The van der Waals surface area contributed by atoms with Crippen LogP contribution >= 0.6 is 0 Å².